The van der Waals surface area contributed by atoms with E-state index in [1.54, 1.807) is 0 Å². The van der Waals surface area contributed by atoms with Crippen molar-refractivity contribution in [2.24, 2.45) is 5.41 Å². The van der Waals surface area contributed by atoms with Gasteiger partial charge in [-0.05, 0) is 44.4 Å². The molecule has 3 fully saturated rings. The second-order valence-electron chi connectivity index (χ2n) is 6.87. The average molecular weight is 240 g/mol. The summed E-state index contributed by atoms with van der Waals surface area (Å²) in [4.78, 5) is 0. The Kier molecular flexibility index (Phi) is 2.77. The van der Waals surface area contributed by atoms with Gasteiger partial charge in [-0.1, -0.05) is 13.8 Å². The fraction of sp³-hybridized carbons (Fsp3) is 1.00. The number of hydrogen-bond donors (Lipinski definition) is 0. The van der Waals surface area contributed by atoms with Crippen molar-refractivity contribution in [3.63, 3.8) is 0 Å². The first kappa shape index (κ1) is 11.9. The Balaban J connectivity index is 1.62. The minimum absolute atomic E-state index is 0.0103. The van der Waals surface area contributed by atoms with Gasteiger partial charge < -0.3 is 14.2 Å². The standard InChI is InChI=1S/C14H24O3/c1-13(2)8-10(12-14(3,9-13)17-12)16-11-6-4-5-7-15-11/h10-12H,4-9H2,1-3H3/t10-,11-,12-,14-/m1/s1. The molecule has 0 aromatic rings. The number of rotatable bonds is 2. The second kappa shape index (κ2) is 3.94. The molecule has 0 N–H and O–H groups in total. The normalized spacial score (nSPS) is 48.5. The van der Waals surface area contributed by atoms with E-state index in [1.807, 2.05) is 0 Å². The molecule has 17 heavy (non-hydrogen) atoms. The minimum Gasteiger partial charge on any atom is -0.364 e. The van der Waals surface area contributed by atoms with Crippen LogP contribution in [-0.4, -0.2) is 30.7 Å². The van der Waals surface area contributed by atoms with Gasteiger partial charge in [-0.2, -0.15) is 0 Å². The van der Waals surface area contributed by atoms with E-state index in [-0.39, 0.29) is 18.0 Å². The lowest BCUT2D eigenvalue weighted by molar-refractivity contribution is -0.199. The molecule has 4 atom stereocenters. The Morgan fingerprint density at radius 3 is 2.71 bits per heavy atom. The molecule has 0 amide bonds. The Morgan fingerprint density at radius 2 is 2.00 bits per heavy atom. The maximum absolute atomic E-state index is 6.14. The van der Waals surface area contributed by atoms with Crippen LogP contribution in [0.4, 0.5) is 0 Å². The largest absolute Gasteiger partial charge is 0.364 e. The molecule has 1 saturated carbocycles. The van der Waals surface area contributed by atoms with Crippen molar-refractivity contribution in [2.45, 2.75) is 77.0 Å². The van der Waals surface area contributed by atoms with Crippen molar-refractivity contribution >= 4 is 0 Å². The van der Waals surface area contributed by atoms with Gasteiger partial charge in [-0.15, -0.1) is 0 Å². The lowest BCUT2D eigenvalue weighted by atomic mass is 9.71. The van der Waals surface area contributed by atoms with Crippen molar-refractivity contribution in [1.29, 1.82) is 0 Å². The van der Waals surface area contributed by atoms with Crippen LogP contribution in [0, 0.1) is 5.41 Å². The topological polar surface area (TPSA) is 31.0 Å². The summed E-state index contributed by atoms with van der Waals surface area (Å²) in [6, 6.07) is 0. The molecule has 0 bridgehead atoms. The van der Waals surface area contributed by atoms with Crippen LogP contribution in [0.15, 0.2) is 0 Å². The van der Waals surface area contributed by atoms with Crippen molar-refractivity contribution < 1.29 is 14.2 Å². The zero-order valence-electron chi connectivity index (χ0n) is 11.2. The van der Waals surface area contributed by atoms with Gasteiger partial charge in [-0.25, -0.2) is 0 Å². The first-order chi connectivity index (χ1) is 7.99. The Labute approximate surface area is 104 Å². The third-order valence-electron chi connectivity index (χ3n) is 4.33. The summed E-state index contributed by atoms with van der Waals surface area (Å²) in [5.41, 5.74) is 0.391. The molecular formula is C14H24O3. The van der Waals surface area contributed by atoms with Crippen LogP contribution >= 0.6 is 0 Å². The molecule has 1 aliphatic carbocycles. The van der Waals surface area contributed by atoms with E-state index in [4.69, 9.17) is 14.2 Å². The van der Waals surface area contributed by atoms with Crippen molar-refractivity contribution in [1.82, 2.24) is 0 Å². The summed E-state index contributed by atoms with van der Waals surface area (Å²) < 4.78 is 17.7. The van der Waals surface area contributed by atoms with Gasteiger partial charge in [0, 0.05) is 6.61 Å². The summed E-state index contributed by atoms with van der Waals surface area (Å²) in [6.45, 7) is 7.70. The summed E-state index contributed by atoms with van der Waals surface area (Å²) in [6.07, 6.45) is 6.23. The van der Waals surface area contributed by atoms with Crippen LogP contribution < -0.4 is 0 Å². The van der Waals surface area contributed by atoms with Gasteiger partial charge in [0.1, 0.15) is 6.10 Å². The van der Waals surface area contributed by atoms with Crippen LogP contribution in [0.25, 0.3) is 0 Å². The van der Waals surface area contributed by atoms with E-state index < -0.39 is 0 Å². The highest BCUT2D eigenvalue weighted by Crippen LogP contribution is 2.55. The maximum Gasteiger partial charge on any atom is 0.158 e. The fourth-order valence-electron chi connectivity index (χ4n) is 3.67. The van der Waals surface area contributed by atoms with E-state index in [0.717, 1.165) is 25.9 Å². The van der Waals surface area contributed by atoms with E-state index in [2.05, 4.69) is 20.8 Å². The van der Waals surface area contributed by atoms with Gasteiger partial charge in [0.2, 0.25) is 0 Å². The fourth-order valence-corrected chi connectivity index (χ4v) is 3.67. The Morgan fingerprint density at radius 1 is 1.18 bits per heavy atom. The highest BCUT2D eigenvalue weighted by Gasteiger charge is 2.63. The zero-order chi connectivity index (χ0) is 12.1. The first-order valence-corrected chi connectivity index (χ1v) is 6.93. The summed E-state index contributed by atoms with van der Waals surface area (Å²) >= 11 is 0. The predicted octanol–water partition coefficient (Wildman–Crippen LogP) is 2.88. The summed E-state index contributed by atoms with van der Waals surface area (Å²) in [5.74, 6) is 0. The van der Waals surface area contributed by atoms with Gasteiger partial charge in [0.05, 0.1) is 11.7 Å². The van der Waals surface area contributed by atoms with Crippen LogP contribution in [0.1, 0.15) is 52.9 Å². The van der Waals surface area contributed by atoms with Crippen molar-refractivity contribution in [3.8, 4) is 0 Å². The lowest BCUT2D eigenvalue weighted by Gasteiger charge is -2.37. The van der Waals surface area contributed by atoms with Gasteiger partial charge in [0.25, 0.3) is 0 Å². The molecule has 3 rings (SSSR count). The quantitative estimate of drug-likeness (QED) is 0.695. The zero-order valence-corrected chi connectivity index (χ0v) is 11.2. The van der Waals surface area contributed by atoms with E-state index in [0.29, 0.717) is 11.5 Å². The molecule has 0 unspecified atom stereocenters. The molecule has 2 saturated heterocycles. The van der Waals surface area contributed by atoms with Crippen LogP contribution in [0.3, 0.4) is 0 Å². The molecule has 0 aromatic carbocycles. The highest BCUT2D eigenvalue weighted by molar-refractivity contribution is 5.11. The molecule has 3 aliphatic rings. The number of fused-ring (bicyclic) bond motifs is 1. The Hall–Kier alpha value is -0.120. The summed E-state index contributed by atoms with van der Waals surface area (Å²) in [5, 5.41) is 0. The van der Waals surface area contributed by atoms with E-state index in [1.165, 1.54) is 12.8 Å². The highest BCUT2D eigenvalue weighted by atomic mass is 16.7. The van der Waals surface area contributed by atoms with Crippen molar-refractivity contribution in [2.75, 3.05) is 6.61 Å². The van der Waals surface area contributed by atoms with Gasteiger partial charge >= 0.3 is 0 Å². The number of epoxide rings is 1. The molecule has 2 aliphatic heterocycles. The molecule has 3 nitrogen and oxygen atoms in total. The van der Waals surface area contributed by atoms with Gasteiger partial charge in [-0.3, -0.25) is 0 Å². The molecule has 0 spiro atoms. The third kappa shape index (κ3) is 2.38. The first-order valence-electron chi connectivity index (χ1n) is 6.93. The number of ether oxygens (including phenoxy) is 3. The minimum atomic E-state index is 0.0103. The smallest absolute Gasteiger partial charge is 0.158 e. The Bertz CT molecular complexity index is 293. The van der Waals surface area contributed by atoms with E-state index >= 15 is 0 Å². The predicted molar refractivity (Wildman–Crippen MR) is 64.8 cm³/mol. The van der Waals surface area contributed by atoms with E-state index in [9.17, 15) is 0 Å². The van der Waals surface area contributed by atoms with Gasteiger partial charge in [0.15, 0.2) is 6.29 Å². The van der Waals surface area contributed by atoms with Crippen molar-refractivity contribution in [3.05, 3.63) is 0 Å². The lowest BCUT2D eigenvalue weighted by Crippen LogP contribution is -2.41. The molecule has 0 aromatic heterocycles. The van der Waals surface area contributed by atoms with Crippen LogP contribution in [0.2, 0.25) is 0 Å². The summed E-state index contributed by atoms with van der Waals surface area (Å²) in [7, 11) is 0. The molecule has 3 heteroatoms. The monoisotopic (exact) mass is 240 g/mol. The molecule has 98 valence electrons. The van der Waals surface area contributed by atoms with Crippen LogP contribution in [0.5, 0.6) is 0 Å². The molecule has 2 heterocycles. The molecule has 0 radical (unpaired) electrons. The number of hydrogen-bond acceptors (Lipinski definition) is 3. The average Bonchev–Trinajstić information content (AvgIpc) is 2.89. The third-order valence-corrected chi connectivity index (χ3v) is 4.33. The van der Waals surface area contributed by atoms with Crippen LogP contribution in [-0.2, 0) is 14.2 Å². The second-order valence-corrected chi connectivity index (χ2v) is 6.87. The SMILES string of the molecule is CC1(C)C[C@@H](O[C@@H]2CCCCO2)[C@H]2O[C@]2(C)C1. The maximum atomic E-state index is 6.14. The molecular weight excluding hydrogens is 216 g/mol.